The summed E-state index contributed by atoms with van der Waals surface area (Å²) < 4.78 is 6.56. The minimum absolute atomic E-state index is 0.0183. The van der Waals surface area contributed by atoms with E-state index < -0.39 is 17.7 Å². The van der Waals surface area contributed by atoms with Crippen LogP contribution in [0.5, 0.6) is 5.75 Å². The van der Waals surface area contributed by atoms with Gasteiger partial charge >= 0.3 is 5.91 Å². The normalized spacial score (nSPS) is 16.0. The number of thioether (sulfide) groups is 1. The number of rotatable bonds is 9. The van der Waals surface area contributed by atoms with Gasteiger partial charge in [-0.1, -0.05) is 107 Å². The molecule has 0 saturated carbocycles. The van der Waals surface area contributed by atoms with Crippen LogP contribution in [0.1, 0.15) is 33.9 Å². The molecule has 4 aromatic carbocycles. The average Bonchev–Trinajstić information content (AvgIpc) is 3.62. The van der Waals surface area contributed by atoms with Gasteiger partial charge in [0.15, 0.2) is 4.34 Å². The third kappa shape index (κ3) is 6.12. The monoisotopic (exact) mass is 639 g/mol. The van der Waals surface area contributed by atoms with Crippen LogP contribution < -0.4 is 9.64 Å². The van der Waals surface area contributed by atoms with E-state index >= 15 is 0 Å². The zero-order chi connectivity index (χ0) is 30.6. The maximum absolute atomic E-state index is 13.5. The SMILES string of the molecule is Cc1ccccc1COc1ccc(/C(O)=C2\C(=O)C(=O)N(c3nnc(SCc4ccccc4Cl)s3)C2c2ccccc2)cc1. The summed E-state index contributed by atoms with van der Waals surface area (Å²) in [5.41, 5.74) is 4.19. The Morgan fingerprint density at radius 1 is 0.909 bits per heavy atom. The van der Waals surface area contributed by atoms with Gasteiger partial charge in [-0.05, 0) is 59.5 Å². The number of anilines is 1. The van der Waals surface area contributed by atoms with Gasteiger partial charge in [0.2, 0.25) is 5.13 Å². The number of halogens is 1. The fourth-order valence-corrected chi connectivity index (χ4v) is 7.04. The molecule has 5 aromatic rings. The smallest absolute Gasteiger partial charge is 0.301 e. The molecule has 6 rings (SSSR count). The highest BCUT2D eigenvalue weighted by Gasteiger charge is 2.48. The van der Waals surface area contributed by atoms with Gasteiger partial charge in [-0.15, -0.1) is 10.2 Å². The Morgan fingerprint density at radius 2 is 1.59 bits per heavy atom. The van der Waals surface area contributed by atoms with Crippen molar-refractivity contribution in [2.75, 3.05) is 4.90 Å². The number of aryl methyl sites for hydroxylation is 1. The molecule has 1 saturated heterocycles. The molecular weight excluding hydrogens is 614 g/mol. The molecule has 7 nitrogen and oxygen atoms in total. The molecule has 0 aliphatic carbocycles. The molecule has 10 heteroatoms. The van der Waals surface area contributed by atoms with Gasteiger partial charge in [0.1, 0.15) is 18.1 Å². The third-order valence-electron chi connectivity index (χ3n) is 7.25. The molecule has 1 atom stereocenters. The second-order valence-corrected chi connectivity index (χ2v) is 12.6. The fourth-order valence-electron chi connectivity index (χ4n) is 4.89. The topological polar surface area (TPSA) is 92.6 Å². The second kappa shape index (κ2) is 13.1. The molecule has 0 radical (unpaired) electrons. The predicted molar refractivity (Wildman–Crippen MR) is 174 cm³/mol. The van der Waals surface area contributed by atoms with Gasteiger partial charge in [0, 0.05) is 16.3 Å². The van der Waals surface area contributed by atoms with E-state index in [1.165, 1.54) is 28.0 Å². The van der Waals surface area contributed by atoms with Gasteiger partial charge in [0.25, 0.3) is 5.78 Å². The lowest BCUT2D eigenvalue weighted by atomic mass is 9.95. The van der Waals surface area contributed by atoms with Crippen molar-refractivity contribution in [3.63, 3.8) is 0 Å². The summed E-state index contributed by atoms with van der Waals surface area (Å²) >= 11 is 8.95. The fraction of sp³-hybridized carbons (Fsp3) is 0.118. The summed E-state index contributed by atoms with van der Waals surface area (Å²) in [5, 5.41) is 20.9. The van der Waals surface area contributed by atoms with Crippen LogP contribution in [-0.2, 0) is 21.9 Å². The Morgan fingerprint density at radius 3 is 2.32 bits per heavy atom. The van der Waals surface area contributed by atoms with E-state index in [4.69, 9.17) is 16.3 Å². The van der Waals surface area contributed by atoms with Gasteiger partial charge in [0.05, 0.1) is 11.6 Å². The summed E-state index contributed by atoms with van der Waals surface area (Å²) in [6.07, 6.45) is 0. The number of hydrogen-bond acceptors (Lipinski definition) is 8. The van der Waals surface area contributed by atoms with E-state index in [1.807, 2.05) is 85.8 Å². The predicted octanol–water partition coefficient (Wildman–Crippen LogP) is 8.00. The van der Waals surface area contributed by atoms with E-state index in [0.717, 1.165) is 16.7 Å². The van der Waals surface area contributed by atoms with Gasteiger partial charge < -0.3 is 9.84 Å². The molecule has 0 bridgehead atoms. The molecule has 1 N–H and O–H groups in total. The summed E-state index contributed by atoms with van der Waals surface area (Å²) in [6, 6.07) is 30.6. The minimum Gasteiger partial charge on any atom is -0.507 e. The molecular formula is C34H26ClN3O4S2. The van der Waals surface area contributed by atoms with E-state index in [-0.39, 0.29) is 16.5 Å². The number of Topliss-reactive ketones (excluding diaryl/α,β-unsaturated/α-hetero) is 1. The van der Waals surface area contributed by atoms with Crippen molar-refractivity contribution >= 4 is 57.3 Å². The number of carbonyl (C=O) groups is 2. The average molecular weight is 640 g/mol. The van der Waals surface area contributed by atoms with Crippen LogP contribution in [0.3, 0.4) is 0 Å². The first-order chi connectivity index (χ1) is 21.4. The number of carbonyl (C=O) groups excluding carboxylic acids is 2. The molecule has 220 valence electrons. The molecule has 2 heterocycles. The molecule has 0 spiro atoms. The van der Waals surface area contributed by atoms with Crippen molar-refractivity contribution < 1.29 is 19.4 Å². The zero-order valence-corrected chi connectivity index (χ0v) is 25.9. The molecule has 1 aliphatic heterocycles. The highest BCUT2D eigenvalue weighted by atomic mass is 35.5. The lowest BCUT2D eigenvalue weighted by Crippen LogP contribution is -2.29. The summed E-state index contributed by atoms with van der Waals surface area (Å²) in [6.45, 7) is 2.43. The minimum atomic E-state index is -0.887. The van der Waals surface area contributed by atoms with Crippen molar-refractivity contribution in [1.29, 1.82) is 0 Å². The van der Waals surface area contributed by atoms with Crippen LogP contribution in [0.4, 0.5) is 5.13 Å². The molecule has 44 heavy (non-hydrogen) atoms. The molecule has 1 amide bonds. The lowest BCUT2D eigenvalue weighted by Gasteiger charge is -2.22. The number of aromatic nitrogens is 2. The van der Waals surface area contributed by atoms with Crippen molar-refractivity contribution in [2.24, 2.45) is 0 Å². The Hall–Kier alpha value is -4.44. The Labute approximate surface area is 267 Å². The maximum atomic E-state index is 13.5. The van der Waals surface area contributed by atoms with Crippen LogP contribution >= 0.6 is 34.7 Å². The number of benzene rings is 4. The Balaban J connectivity index is 1.29. The highest BCUT2D eigenvalue weighted by molar-refractivity contribution is 8.00. The van der Waals surface area contributed by atoms with Crippen molar-refractivity contribution in [3.05, 3.63) is 142 Å². The number of amides is 1. The summed E-state index contributed by atoms with van der Waals surface area (Å²) in [7, 11) is 0. The van der Waals surface area contributed by atoms with Crippen molar-refractivity contribution in [2.45, 2.75) is 29.7 Å². The highest BCUT2D eigenvalue weighted by Crippen LogP contribution is 2.44. The quantitative estimate of drug-likeness (QED) is 0.0574. The first-order valence-corrected chi connectivity index (χ1v) is 15.9. The van der Waals surface area contributed by atoms with E-state index in [9.17, 15) is 14.7 Å². The summed E-state index contributed by atoms with van der Waals surface area (Å²) in [5.74, 6) is -0.669. The number of ether oxygens (including phenoxy) is 1. The van der Waals surface area contributed by atoms with Crippen LogP contribution in [0.15, 0.2) is 113 Å². The van der Waals surface area contributed by atoms with Crippen LogP contribution in [0.25, 0.3) is 5.76 Å². The Kier molecular flexibility index (Phi) is 8.79. The largest absolute Gasteiger partial charge is 0.507 e. The Bertz CT molecular complexity index is 1860. The van der Waals surface area contributed by atoms with E-state index in [1.54, 1.807) is 24.3 Å². The van der Waals surface area contributed by atoms with Gasteiger partial charge in [-0.2, -0.15) is 0 Å². The zero-order valence-electron chi connectivity index (χ0n) is 23.5. The third-order valence-corrected chi connectivity index (χ3v) is 9.73. The maximum Gasteiger partial charge on any atom is 0.301 e. The van der Waals surface area contributed by atoms with E-state index in [0.29, 0.717) is 38.6 Å². The van der Waals surface area contributed by atoms with Crippen LogP contribution in [-0.4, -0.2) is 27.0 Å². The second-order valence-electron chi connectivity index (χ2n) is 10.0. The van der Waals surface area contributed by atoms with E-state index in [2.05, 4.69) is 10.2 Å². The standard InChI is InChI=1S/C34H26ClN3O4S2/c1-21-9-5-6-12-24(21)19-42-26-17-15-23(16-18-26)30(39)28-29(22-10-3-2-4-11-22)38(32(41)31(28)40)33-36-37-34(44-33)43-20-25-13-7-8-14-27(25)35/h2-18,29,39H,19-20H2,1H3/b30-28+. The first-order valence-electron chi connectivity index (χ1n) is 13.7. The lowest BCUT2D eigenvalue weighted by molar-refractivity contribution is -0.132. The first kappa shape index (κ1) is 29.6. The van der Waals surface area contributed by atoms with Gasteiger partial charge in [-0.25, -0.2) is 0 Å². The van der Waals surface area contributed by atoms with Gasteiger partial charge in [-0.3, -0.25) is 14.5 Å². The number of aliphatic hydroxyl groups is 1. The number of aliphatic hydroxyl groups excluding tert-OH is 1. The molecule has 1 unspecified atom stereocenters. The molecule has 1 aliphatic rings. The van der Waals surface area contributed by atoms with Crippen LogP contribution in [0.2, 0.25) is 5.02 Å². The summed E-state index contributed by atoms with van der Waals surface area (Å²) in [4.78, 5) is 28.3. The van der Waals surface area contributed by atoms with Crippen LogP contribution in [0, 0.1) is 6.92 Å². The van der Waals surface area contributed by atoms with Crippen molar-refractivity contribution in [3.8, 4) is 5.75 Å². The molecule has 1 fully saturated rings. The molecule has 1 aromatic heterocycles. The number of hydrogen-bond donors (Lipinski definition) is 1. The van der Waals surface area contributed by atoms with Crippen molar-refractivity contribution in [1.82, 2.24) is 10.2 Å². The number of ketones is 1. The number of nitrogens with zero attached hydrogens (tertiary/aromatic N) is 3.